The third-order valence-electron chi connectivity index (χ3n) is 3.20. The molecule has 21 heavy (non-hydrogen) atoms. The molecule has 0 unspecified atom stereocenters. The largest absolute Gasteiger partial charge is 0.356 e. The Morgan fingerprint density at radius 3 is 2.71 bits per heavy atom. The monoisotopic (exact) mass is 312 g/mol. The first-order valence-corrected chi connectivity index (χ1v) is 8.78. The molecule has 1 aromatic heterocycles. The number of aromatic nitrogens is 2. The lowest BCUT2D eigenvalue weighted by Gasteiger charge is -2.17. The summed E-state index contributed by atoms with van der Waals surface area (Å²) in [6, 6.07) is 1.58. The average Bonchev–Trinajstić information content (AvgIpc) is 2.45. The van der Waals surface area contributed by atoms with Crippen LogP contribution in [0, 0.1) is 0 Å². The maximum Gasteiger partial charge on any atom is 0.252 e. The Hall–Kier alpha value is -1.01. The minimum Gasteiger partial charge on any atom is -0.356 e. The molecule has 0 saturated heterocycles. The molecule has 1 aromatic rings. The molecule has 0 aliphatic rings. The highest BCUT2D eigenvalue weighted by Gasteiger charge is 2.04. The third-order valence-corrected chi connectivity index (χ3v) is 4.33. The number of rotatable bonds is 10. The van der Waals surface area contributed by atoms with Crippen molar-refractivity contribution < 1.29 is 0 Å². The van der Waals surface area contributed by atoms with Gasteiger partial charge >= 0.3 is 0 Å². The number of anilines is 1. The highest BCUT2D eigenvalue weighted by atomic mass is 32.2. The van der Waals surface area contributed by atoms with Gasteiger partial charge in [0.1, 0.15) is 0 Å². The van der Waals surface area contributed by atoms with Gasteiger partial charge in [0.05, 0.1) is 5.69 Å². The highest BCUT2D eigenvalue weighted by Crippen LogP contribution is 2.15. The summed E-state index contributed by atoms with van der Waals surface area (Å²) < 4.78 is 0. The normalized spacial score (nSPS) is 11.3. The average molecular weight is 312 g/mol. The molecule has 0 spiro atoms. The van der Waals surface area contributed by atoms with Crippen LogP contribution in [0.2, 0.25) is 0 Å². The molecule has 120 valence electrons. The lowest BCUT2D eigenvalue weighted by molar-refractivity contribution is 0.303. The third kappa shape index (κ3) is 7.52. The second kappa shape index (κ2) is 9.84. The summed E-state index contributed by atoms with van der Waals surface area (Å²) in [5.41, 5.74) is 0.749. The van der Waals surface area contributed by atoms with Crippen LogP contribution in [0.4, 0.5) is 5.95 Å². The maximum absolute atomic E-state index is 11.6. The SMILES string of the molecule is CCN(CC)CCCNc1nc(CSC(C)C)cc(=O)[nH]1. The van der Waals surface area contributed by atoms with Crippen molar-refractivity contribution in [3.63, 3.8) is 0 Å². The van der Waals surface area contributed by atoms with Crippen LogP contribution >= 0.6 is 11.8 Å². The van der Waals surface area contributed by atoms with Crippen molar-refractivity contribution in [3.8, 4) is 0 Å². The molecule has 1 heterocycles. The molecule has 2 N–H and O–H groups in total. The van der Waals surface area contributed by atoms with Crippen LogP contribution in [-0.2, 0) is 5.75 Å². The maximum atomic E-state index is 11.6. The number of hydrogen-bond donors (Lipinski definition) is 2. The molecule has 0 fully saturated rings. The van der Waals surface area contributed by atoms with Crippen LogP contribution in [0.25, 0.3) is 0 Å². The molecule has 6 heteroatoms. The van der Waals surface area contributed by atoms with E-state index in [1.54, 1.807) is 17.8 Å². The Morgan fingerprint density at radius 2 is 2.10 bits per heavy atom. The van der Waals surface area contributed by atoms with Crippen molar-refractivity contribution >= 4 is 17.7 Å². The van der Waals surface area contributed by atoms with Crippen molar-refractivity contribution in [2.75, 3.05) is 31.5 Å². The zero-order valence-corrected chi connectivity index (χ0v) is 14.4. The molecule has 0 atom stereocenters. The van der Waals surface area contributed by atoms with Crippen molar-refractivity contribution in [2.45, 2.75) is 45.1 Å². The first-order valence-electron chi connectivity index (χ1n) is 7.73. The smallest absolute Gasteiger partial charge is 0.252 e. The molecule has 0 saturated carbocycles. The summed E-state index contributed by atoms with van der Waals surface area (Å²) in [5, 5.41) is 3.75. The first kappa shape index (κ1) is 18.0. The number of thioether (sulfide) groups is 1. The van der Waals surface area contributed by atoms with E-state index in [0.29, 0.717) is 11.2 Å². The molecule has 0 radical (unpaired) electrons. The van der Waals surface area contributed by atoms with Gasteiger partial charge in [0, 0.05) is 18.4 Å². The molecule has 0 amide bonds. The Bertz CT molecular complexity index is 457. The summed E-state index contributed by atoms with van der Waals surface area (Å²) in [6.07, 6.45) is 1.04. The van der Waals surface area contributed by atoms with E-state index in [9.17, 15) is 4.79 Å². The van der Waals surface area contributed by atoms with Gasteiger partial charge in [0.2, 0.25) is 5.95 Å². The Kier molecular flexibility index (Phi) is 8.45. The van der Waals surface area contributed by atoms with E-state index in [1.165, 1.54) is 0 Å². The zero-order valence-electron chi connectivity index (χ0n) is 13.6. The predicted molar refractivity (Wildman–Crippen MR) is 92.2 cm³/mol. The topological polar surface area (TPSA) is 61.0 Å². The second-order valence-corrected chi connectivity index (χ2v) is 6.82. The highest BCUT2D eigenvalue weighted by molar-refractivity contribution is 7.99. The van der Waals surface area contributed by atoms with Gasteiger partial charge in [-0.25, -0.2) is 4.98 Å². The molecular weight excluding hydrogens is 284 g/mol. The fourth-order valence-corrected chi connectivity index (χ4v) is 2.62. The van der Waals surface area contributed by atoms with E-state index in [-0.39, 0.29) is 5.56 Å². The first-order chi connectivity index (χ1) is 10.0. The minimum atomic E-state index is -0.0874. The lowest BCUT2D eigenvalue weighted by atomic mass is 10.3. The van der Waals surface area contributed by atoms with Gasteiger partial charge < -0.3 is 10.2 Å². The number of aromatic amines is 1. The summed E-state index contributed by atoms with van der Waals surface area (Å²) >= 11 is 1.79. The summed E-state index contributed by atoms with van der Waals surface area (Å²) in [5.74, 6) is 1.36. The molecular formula is C15H28N4OS. The van der Waals surface area contributed by atoms with Crippen LogP contribution in [0.5, 0.6) is 0 Å². The molecule has 0 aliphatic carbocycles. The van der Waals surface area contributed by atoms with Gasteiger partial charge in [0.15, 0.2) is 0 Å². The van der Waals surface area contributed by atoms with Crippen LogP contribution in [-0.4, -0.2) is 46.3 Å². The van der Waals surface area contributed by atoms with Crippen LogP contribution < -0.4 is 10.9 Å². The van der Waals surface area contributed by atoms with Gasteiger partial charge in [-0.2, -0.15) is 11.8 Å². The van der Waals surface area contributed by atoms with Crippen LogP contribution in [0.3, 0.4) is 0 Å². The van der Waals surface area contributed by atoms with E-state index >= 15 is 0 Å². The summed E-state index contributed by atoms with van der Waals surface area (Å²) in [7, 11) is 0. The summed E-state index contributed by atoms with van der Waals surface area (Å²) in [6.45, 7) is 12.7. The van der Waals surface area contributed by atoms with E-state index in [0.717, 1.165) is 44.0 Å². The molecule has 0 aliphatic heterocycles. The van der Waals surface area contributed by atoms with E-state index < -0.39 is 0 Å². The van der Waals surface area contributed by atoms with Gasteiger partial charge in [-0.05, 0) is 31.3 Å². The van der Waals surface area contributed by atoms with Gasteiger partial charge in [-0.3, -0.25) is 9.78 Å². The number of nitrogens with one attached hydrogen (secondary N) is 2. The summed E-state index contributed by atoms with van der Waals surface area (Å²) in [4.78, 5) is 21.2. The van der Waals surface area contributed by atoms with Gasteiger partial charge in [-0.1, -0.05) is 27.7 Å². The van der Waals surface area contributed by atoms with Crippen molar-refractivity contribution in [3.05, 3.63) is 22.1 Å². The quantitative estimate of drug-likeness (QED) is 0.650. The Balaban J connectivity index is 2.45. The van der Waals surface area contributed by atoms with Crippen molar-refractivity contribution in [1.82, 2.24) is 14.9 Å². The molecule has 0 bridgehead atoms. The fraction of sp³-hybridized carbons (Fsp3) is 0.733. The standard InChI is InChI=1S/C15H28N4OS/c1-5-19(6-2)9-7-8-16-15-17-13(10-14(20)18-15)11-21-12(3)4/h10,12H,5-9,11H2,1-4H3,(H2,16,17,18,20). The number of H-pyrrole nitrogens is 1. The van der Waals surface area contributed by atoms with Crippen LogP contribution in [0.1, 0.15) is 39.8 Å². The number of hydrogen-bond acceptors (Lipinski definition) is 5. The van der Waals surface area contributed by atoms with E-state index in [2.05, 4.69) is 47.9 Å². The minimum absolute atomic E-state index is 0.0874. The molecule has 1 rings (SSSR count). The predicted octanol–water partition coefficient (Wildman–Crippen LogP) is 2.56. The lowest BCUT2D eigenvalue weighted by Crippen LogP contribution is -2.25. The molecule has 0 aromatic carbocycles. The van der Waals surface area contributed by atoms with Gasteiger partial charge in [-0.15, -0.1) is 0 Å². The number of nitrogens with zero attached hydrogens (tertiary/aromatic N) is 2. The van der Waals surface area contributed by atoms with Crippen molar-refractivity contribution in [2.24, 2.45) is 0 Å². The Labute approximate surface area is 131 Å². The van der Waals surface area contributed by atoms with Crippen LogP contribution in [0.15, 0.2) is 10.9 Å². The Morgan fingerprint density at radius 1 is 1.38 bits per heavy atom. The van der Waals surface area contributed by atoms with Crippen molar-refractivity contribution in [1.29, 1.82) is 0 Å². The van der Waals surface area contributed by atoms with E-state index in [4.69, 9.17) is 0 Å². The molecule has 5 nitrogen and oxygen atoms in total. The fourth-order valence-electron chi connectivity index (χ4n) is 1.97. The second-order valence-electron chi connectivity index (χ2n) is 5.25. The van der Waals surface area contributed by atoms with E-state index in [1.807, 2.05) is 0 Å². The zero-order chi connectivity index (χ0) is 15.7. The van der Waals surface area contributed by atoms with Gasteiger partial charge in [0.25, 0.3) is 5.56 Å².